The van der Waals surface area contributed by atoms with E-state index in [4.69, 9.17) is 11.5 Å². The van der Waals surface area contributed by atoms with Crippen LogP contribution in [0.3, 0.4) is 0 Å². The van der Waals surface area contributed by atoms with Gasteiger partial charge < -0.3 is 31.9 Å². The lowest BCUT2D eigenvalue weighted by Crippen LogP contribution is -3.07. The van der Waals surface area contributed by atoms with Crippen molar-refractivity contribution in [1.29, 1.82) is 0 Å². The van der Waals surface area contributed by atoms with Crippen molar-refractivity contribution >= 4 is 6.21 Å². The van der Waals surface area contributed by atoms with Crippen molar-refractivity contribution in [2.75, 3.05) is 45.8 Å². The standard InChI is InChI=1S/C71H130N5/c72-58-44-36-28-20-12-5-1-3-7-14-22-30-38-46-60-74-63-49-55-69(66-74)52-41-33-25-17-9-10-18-26-34-42-53-70-56-50-65-76(67-70)62-48-40-32-24-16-11-19-27-35-43-54-71-57-51-64-75(68-71)61-47-39-31-23-15-8-4-2-6-13-21-29-37-45-59-73/h49-51,55-57,64,66-68H,1-48,52-54,58-63,65,72-73H2/q-1/p+1. The van der Waals surface area contributed by atoms with E-state index in [2.05, 4.69) is 71.1 Å². The van der Waals surface area contributed by atoms with Crippen LogP contribution >= 0.6 is 0 Å². The number of nitrogens with two attached hydrogens (primary N) is 2. The lowest BCUT2D eigenvalue weighted by Gasteiger charge is -2.28. The highest BCUT2D eigenvalue weighted by atomic mass is 15.1. The zero-order valence-electron chi connectivity index (χ0n) is 50.8. The van der Waals surface area contributed by atoms with Crippen LogP contribution in [-0.4, -0.2) is 61.5 Å². The SMILES string of the molecule is NCCCCCCCCCCCCCCCC[N+]1=C[C-](CCCCCCCCCCCCN2C=C(CCCCCCCCCCCCC3=C[NH+](CCCCCCCCCCCCCCCCN)CC=C3)C=CC2)C=C[CH-]1. The van der Waals surface area contributed by atoms with Gasteiger partial charge in [0.25, 0.3) is 0 Å². The Morgan fingerprint density at radius 3 is 1.32 bits per heavy atom. The molecule has 1 unspecified atom stereocenters. The van der Waals surface area contributed by atoms with Crippen LogP contribution in [0.2, 0.25) is 0 Å². The molecule has 3 aliphatic rings. The van der Waals surface area contributed by atoms with E-state index in [0.717, 1.165) is 19.6 Å². The number of hydrogen-bond donors (Lipinski definition) is 3. The van der Waals surface area contributed by atoms with E-state index in [-0.39, 0.29) is 0 Å². The molecule has 5 heteroatoms. The summed E-state index contributed by atoms with van der Waals surface area (Å²) < 4.78 is 2.45. The van der Waals surface area contributed by atoms with Crippen molar-refractivity contribution in [3.8, 4) is 0 Å². The molecule has 0 spiro atoms. The van der Waals surface area contributed by atoms with E-state index in [9.17, 15) is 0 Å². The first-order valence-corrected chi connectivity index (χ1v) is 34.5. The van der Waals surface area contributed by atoms with Crippen molar-refractivity contribution in [1.82, 2.24) is 4.90 Å². The van der Waals surface area contributed by atoms with Gasteiger partial charge in [0.1, 0.15) is 13.1 Å². The molecule has 76 heavy (non-hydrogen) atoms. The summed E-state index contributed by atoms with van der Waals surface area (Å²) in [5.74, 6) is 1.53. The highest BCUT2D eigenvalue weighted by molar-refractivity contribution is 5.74. The normalized spacial score (nSPS) is 15.4. The molecular formula is C71H131N5. The monoisotopic (exact) mass is 1050 g/mol. The molecule has 0 bridgehead atoms. The first-order chi connectivity index (χ1) is 37.8. The molecule has 0 aliphatic carbocycles. The van der Waals surface area contributed by atoms with Crippen LogP contribution in [0.1, 0.15) is 327 Å². The van der Waals surface area contributed by atoms with E-state index in [1.807, 2.05) is 0 Å². The number of rotatable bonds is 58. The third-order valence-electron chi connectivity index (χ3n) is 17.2. The number of unbranched alkanes of at least 4 members (excludes halogenated alkanes) is 44. The molecule has 0 amide bonds. The second-order valence-corrected chi connectivity index (χ2v) is 24.6. The molecule has 5 N–H and O–H groups in total. The van der Waals surface area contributed by atoms with Crippen molar-refractivity contribution in [2.24, 2.45) is 11.5 Å². The Hall–Kier alpha value is -2.21. The topological polar surface area (TPSA) is 62.7 Å². The van der Waals surface area contributed by atoms with Crippen LogP contribution in [0.25, 0.3) is 0 Å². The highest BCUT2D eigenvalue weighted by Crippen LogP contribution is 2.22. The van der Waals surface area contributed by atoms with Crippen LogP contribution in [0.15, 0.2) is 60.0 Å². The summed E-state index contributed by atoms with van der Waals surface area (Å²) in [4.78, 5) is 4.28. The molecule has 0 radical (unpaired) electrons. The zero-order valence-corrected chi connectivity index (χ0v) is 50.8. The second-order valence-electron chi connectivity index (χ2n) is 24.6. The maximum atomic E-state index is 5.60. The zero-order chi connectivity index (χ0) is 53.5. The van der Waals surface area contributed by atoms with Crippen LogP contribution in [0.5, 0.6) is 0 Å². The molecule has 3 heterocycles. The van der Waals surface area contributed by atoms with E-state index in [1.165, 1.54) is 360 Å². The van der Waals surface area contributed by atoms with Gasteiger partial charge in [0.05, 0.1) is 12.7 Å². The average Bonchev–Trinajstić information content (AvgIpc) is 3.44. The predicted molar refractivity (Wildman–Crippen MR) is 338 cm³/mol. The molecule has 3 aliphatic heterocycles. The molecule has 0 fully saturated rings. The van der Waals surface area contributed by atoms with Gasteiger partial charge in [0.15, 0.2) is 0 Å². The second kappa shape index (κ2) is 53.4. The molecule has 0 aromatic carbocycles. The third-order valence-corrected chi connectivity index (χ3v) is 17.2. The largest absolute Gasteiger partial charge is 0.373 e. The third kappa shape index (κ3) is 42.7. The molecule has 0 saturated heterocycles. The van der Waals surface area contributed by atoms with Gasteiger partial charge in [-0.05, 0) is 102 Å². The average molecular weight is 1050 g/mol. The predicted octanol–water partition coefficient (Wildman–Crippen LogP) is 19.3. The summed E-state index contributed by atoms with van der Waals surface area (Å²) in [5.41, 5.74) is 14.4. The van der Waals surface area contributed by atoms with Gasteiger partial charge in [0, 0.05) is 31.3 Å². The Kier molecular flexibility index (Phi) is 47.9. The summed E-state index contributed by atoms with van der Waals surface area (Å²) in [7, 11) is 0. The first-order valence-electron chi connectivity index (χ1n) is 34.5. The lowest BCUT2D eigenvalue weighted by molar-refractivity contribution is -0.841. The van der Waals surface area contributed by atoms with Crippen molar-refractivity contribution in [3.63, 3.8) is 0 Å². The minimum Gasteiger partial charge on any atom is -0.373 e. The van der Waals surface area contributed by atoms with E-state index in [0.29, 0.717) is 0 Å². The Morgan fingerprint density at radius 2 is 0.829 bits per heavy atom. The van der Waals surface area contributed by atoms with E-state index >= 15 is 0 Å². The summed E-state index contributed by atoms with van der Waals surface area (Å²) in [5, 5.41) is 0. The van der Waals surface area contributed by atoms with Crippen LogP contribution in [0, 0.1) is 12.5 Å². The minimum absolute atomic E-state index is 0.864. The summed E-state index contributed by atoms with van der Waals surface area (Å²) in [6.45, 7) is 10.1. The fourth-order valence-electron chi connectivity index (χ4n) is 12.2. The van der Waals surface area contributed by atoms with Crippen LogP contribution in [0.4, 0.5) is 0 Å². The Balaban J connectivity index is 1.01. The van der Waals surface area contributed by atoms with Crippen molar-refractivity contribution in [2.45, 2.75) is 327 Å². The maximum Gasteiger partial charge on any atom is 0.123 e. The van der Waals surface area contributed by atoms with Gasteiger partial charge in [-0.1, -0.05) is 269 Å². The first kappa shape index (κ1) is 68.1. The molecule has 0 saturated carbocycles. The number of nitrogens with one attached hydrogen (secondary N) is 1. The smallest absolute Gasteiger partial charge is 0.123 e. The van der Waals surface area contributed by atoms with Crippen LogP contribution in [-0.2, 0) is 0 Å². The quantitative estimate of drug-likeness (QED) is 0.0323. The fourth-order valence-corrected chi connectivity index (χ4v) is 12.2. The minimum atomic E-state index is 0.864. The van der Waals surface area contributed by atoms with Gasteiger partial charge in [-0.15, -0.1) is 6.42 Å². The van der Waals surface area contributed by atoms with Gasteiger partial charge in [-0.2, -0.15) is 0 Å². The Morgan fingerprint density at radius 1 is 0.434 bits per heavy atom. The van der Waals surface area contributed by atoms with Gasteiger partial charge in [0.2, 0.25) is 0 Å². The summed E-state index contributed by atoms with van der Waals surface area (Å²) >= 11 is 0. The van der Waals surface area contributed by atoms with E-state index < -0.39 is 0 Å². The number of hydrogen-bond acceptors (Lipinski definition) is 3. The number of nitrogens with zero attached hydrogens (tertiary/aromatic N) is 2. The van der Waals surface area contributed by atoms with E-state index in [1.54, 1.807) is 16.0 Å². The fraction of sp³-hybridized carbons (Fsp3) is 0.817. The lowest BCUT2D eigenvalue weighted by atomic mass is 9.98. The Bertz CT molecular complexity index is 1440. The molecule has 440 valence electrons. The molecule has 5 nitrogen and oxygen atoms in total. The molecular weight excluding hydrogens is 923 g/mol. The van der Waals surface area contributed by atoms with Gasteiger partial charge in [-0.3, -0.25) is 6.08 Å². The van der Waals surface area contributed by atoms with Gasteiger partial charge in [-0.25, -0.2) is 5.92 Å². The summed E-state index contributed by atoms with van der Waals surface area (Å²) in [6.07, 6.45) is 93.0. The molecule has 0 aromatic rings. The molecule has 0 aromatic heterocycles. The van der Waals surface area contributed by atoms with Crippen LogP contribution < -0.4 is 16.4 Å². The number of quaternary nitrogens is 1. The Labute approximate surface area is 475 Å². The van der Waals surface area contributed by atoms with Crippen molar-refractivity contribution in [3.05, 3.63) is 72.5 Å². The number of allylic oxidation sites excluding steroid dienone is 5. The maximum absolute atomic E-state index is 5.60. The summed E-state index contributed by atoms with van der Waals surface area (Å²) in [6, 6.07) is 0. The highest BCUT2D eigenvalue weighted by Gasteiger charge is 2.11. The van der Waals surface area contributed by atoms with Gasteiger partial charge >= 0.3 is 0 Å². The molecule has 1 atom stereocenters. The van der Waals surface area contributed by atoms with Crippen molar-refractivity contribution < 1.29 is 9.48 Å². The molecule has 3 rings (SSSR count).